The number of carbonyl (C=O) groups is 1. The second kappa shape index (κ2) is 10.8. The second-order valence-electron chi connectivity index (χ2n) is 6.00. The van der Waals surface area contributed by atoms with Gasteiger partial charge in [-0.05, 0) is 6.07 Å². The van der Waals surface area contributed by atoms with Crippen LogP contribution in [-0.4, -0.2) is 39.1 Å². The minimum Gasteiger partial charge on any atom is -0.506 e. The predicted octanol–water partition coefficient (Wildman–Crippen LogP) is -0.943. The van der Waals surface area contributed by atoms with E-state index in [1.54, 1.807) is 9.62 Å². The molecule has 0 aliphatic carbocycles. The molecule has 0 aromatic heterocycles. The summed E-state index contributed by atoms with van der Waals surface area (Å²) in [6.45, 7) is 15.3. The van der Waals surface area contributed by atoms with Gasteiger partial charge in [0, 0.05) is 11.8 Å². The number of phenols is 1. The summed E-state index contributed by atoms with van der Waals surface area (Å²) in [7, 11) is -4.18. The van der Waals surface area contributed by atoms with Crippen LogP contribution in [0.4, 0.5) is 15.8 Å². The number of hydrogen-bond donors (Lipinski definition) is 2. The Morgan fingerprint density at radius 1 is 1.30 bits per heavy atom. The van der Waals surface area contributed by atoms with Crippen LogP contribution < -0.4 is 32.8 Å². The summed E-state index contributed by atoms with van der Waals surface area (Å²) in [5, 5.41) is 9.94. The molecular weight excluding hydrogens is 368 g/mol. The molecule has 0 atom stereocenters. The van der Waals surface area contributed by atoms with Crippen molar-refractivity contribution in [2.75, 3.05) is 28.8 Å². The molecule has 0 bridgehead atoms. The first-order chi connectivity index (χ1) is 12.1. The van der Waals surface area contributed by atoms with E-state index in [1.807, 2.05) is 0 Å². The molecule has 1 fully saturated rings. The maximum absolute atomic E-state index is 14.2. The number of anilines is 2. The van der Waals surface area contributed by atoms with E-state index in [9.17, 15) is 22.7 Å². The number of halogens is 1. The standard InChI is InChI=1S/C12H14FN3O4S.C5H11.Li/c1-3-15(4-2)8-5-9(13)12(10(17)6-8)16-7-11(18)14-21(16,19)20;1-4-5(2)3;/h5-6,17H,1-4,7H2,(H,14,18);5H,1,4H2,2-3H3;/q-2;-1;+1. The van der Waals surface area contributed by atoms with Gasteiger partial charge in [-0.25, -0.2) is 13.4 Å². The van der Waals surface area contributed by atoms with Crippen molar-refractivity contribution >= 4 is 27.5 Å². The first-order valence-electron chi connectivity index (χ1n) is 8.05. The molecule has 1 aromatic rings. The summed E-state index contributed by atoms with van der Waals surface area (Å²) in [6.07, 6.45) is 1.06. The Kier molecular flexibility index (Phi) is 10.2. The van der Waals surface area contributed by atoms with Gasteiger partial charge < -0.3 is 30.8 Å². The molecule has 148 valence electrons. The molecule has 2 N–H and O–H groups in total. The molecule has 1 aromatic carbocycles. The van der Waals surface area contributed by atoms with E-state index in [4.69, 9.17) is 0 Å². The van der Waals surface area contributed by atoms with Crippen molar-refractivity contribution < 1.29 is 41.6 Å². The molecule has 0 spiro atoms. The minimum absolute atomic E-state index is 0. The maximum atomic E-state index is 14.2. The number of benzene rings is 1. The van der Waals surface area contributed by atoms with Crippen molar-refractivity contribution in [1.82, 2.24) is 4.72 Å². The van der Waals surface area contributed by atoms with Gasteiger partial charge in [-0.3, -0.25) is 4.79 Å². The number of nitrogens with one attached hydrogen (secondary N) is 1. The van der Waals surface area contributed by atoms with E-state index in [0.29, 0.717) is 23.1 Å². The second-order valence-corrected chi connectivity index (χ2v) is 7.60. The van der Waals surface area contributed by atoms with Gasteiger partial charge in [-0.1, -0.05) is 19.8 Å². The van der Waals surface area contributed by atoms with E-state index in [0.717, 1.165) is 18.4 Å². The number of phenolic OH excluding ortho intramolecular Hbond substituents is 1. The van der Waals surface area contributed by atoms with E-state index in [2.05, 4.69) is 34.6 Å². The zero-order chi connectivity index (χ0) is 20.1. The van der Waals surface area contributed by atoms with Crippen molar-refractivity contribution in [2.45, 2.75) is 20.3 Å². The minimum atomic E-state index is -4.18. The Hall–Kier alpha value is -1.43. The van der Waals surface area contributed by atoms with Crippen molar-refractivity contribution in [3.8, 4) is 5.75 Å². The Balaban J connectivity index is 0.00000100. The molecule has 27 heavy (non-hydrogen) atoms. The van der Waals surface area contributed by atoms with Gasteiger partial charge in [-0.15, -0.1) is 13.1 Å². The molecule has 1 saturated heterocycles. The summed E-state index contributed by atoms with van der Waals surface area (Å²) in [4.78, 5) is 12.7. The van der Waals surface area contributed by atoms with Crippen LogP contribution >= 0.6 is 0 Å². The quantitative estimate of drug-likeness (QED) is 0.498. The SMILES string of the molecule is [CH2-]CC(C)C.[CH2-]CN(C[CH2-])c1cc(O)c(N2CC(=O)NS2(=O)=O)c(F)c1.[Li+]. The zero-order valence-corrected chi connectivity index (χ0v) is 16.9. The molecule has 1 aliphatic heterocycles. The van der Waals surface area contributed by atoms with Gasteiger partial charge in [0.15, 0.2) is 5.82 Å². The van der Waals surface area contributed by atoms with Crippen LogP contribution in [0.5, 0.6) is 5.75 Å². The van der Waals surface area contributed by atoms with Crippen LogP contribution in [0.25, 0.3) is 0 Å². The molecular formula is C17H25FLiN3O4S-2. The van der Waals surface area contributed by atoms with Crippen molar-refractivity contribution in [1.29, 1.82) is 0 Å². The molecule has 0 radical (unpaired) electrons. The topological polar surface area (TPSA) is 89.9 Å². The van der Waals surface area contributed by atoms with Gasteiger partial charge in [0.25, 0.3) is 5.91 Å². The van der Waals surface area contributed by atoms with Crippen molar-refractivity contribution in [2.24, 2.45) is 5.92 Å². The first kappa shape index (κ1) is 25.6. The predicted molar refractivity (Wildman–Crippen MR) is 100 cm³/mol. The van der Waals surface area contributed by atoms with Gasteiger partial charge in [0.1, 0.15) is 18.0 Å². The number of carbonyl (C=O) groups excluding carboxylic acids is 1. The molecule has 7 nitrogen and oxygen atoms in total. The summed E-state index contributed by atoms with van der Waals surface area (Å²) in [5.74, 6) is -1.57. The van der Waals surface area contributed by atoms with Crippen LogP contribution in [-0.2, 0) is 15.0 Å². The van der Waals surface area contributed by atoms with Crippen LogP contribution in [0, 0.1) is 32.5 Å². The monoisotopic (exact) mass is 393 g/mol. The summed E-state index contributed by atoms with van der Waals surface area (Å²) in [5.41, 5.74) is -0.250. The molecule has 1 aliphatic rings. The van der Waals surface area contributed by atoms with Crippen LogP contribution in [0.3, 0.4) is 0 Å². The Bertz CT molecular complexity index is 717. The molecule has 10 heteroatoms. The van der Waals surface area contributed by atoms with E-state index in [1.165, 1.54) is 6.07 Å². The molecule has 0 saturated carbocycles. The van der Waals surface area contributed by atoms with Gasteiger partial charge in [-0.2, -0.15) is 14.8 Å². The smallest absolute Gasteiger partial charge is 0.506 e. The average molecular weight is 393 g/mol. The number of aromatic hydroxyl groups is 1. The fourth-order valence-electron chi connectivity index (χ4n) is 2.02. The first-order valence-corrected chi connectivity index (χ1v) is 9.49. The molecule has 0 unspecified atom stereocenters. The molecule has 1 heterocycles. The van der Waals surface area contributed by atoms with E-state index >= 15 is 0 Å². The molecule has 1 amide bonds. The third-order valence-electron chi connectivity index (χ3n) is 3.58. The Morgan fingerprint density at radius 3 is 2.15 bits per heavy atom. The summed E-state index contributed by atoms with van der Waals surface area (Å²) in [6, 6.07) is 2.26. The van der Waals surface area contributed by atoms with Gasteiger partial charge >= 0.3 is 29.1 Å². The Morgan fingerprint density at radius 2 is 1.81 bits per heavy atom. The average Bonchev–Trinajstić information content (AvgIpc) is 2.81. The maximum Gasteiger partial charge on any atom is 1.00 e. The summed E-state index contributed by atoms with van der Waals surface area (Å²) >= 11 is 0. The fraction of sp³-hybridized carbons (Fsp3) is 0.412. The van der Waals surface area contributed by atoms with Crippen LogP contribution in [0.1, 0.15) is 20.3 Å². The number of rotatable bonds is 5. The third kappa shape index (κ3) is 6.59. The summed E-state index contributed by atoms with van der Waals surface area (Å²) < 4.78 is 39.8. The Labute approximate surface area is 173 Å². The van der Waals surface area contributed by atoms with Crippen molar-refractivity contribution in [3.63, 3.8) is 0 Å². The normalized spacial score (nSPS) is 14.9. The van der Waals surface area contributed by atoms with E-state index in [-0.39, 0.29) is 18.9 Å². The zero-order valence-electron chi connectivity index (χ0n) is 16.0. The van der Waals surface area contributed by atoms with E-state index < -0.39 is 39.9 Å². The largest absolute Gasteiger partial charge is 1.00 e. The van der Waals surface area contributed by atoms with Crippen LogP contribution in [0.15, 0.2) is 12.1 Å². The van der Waals surface area contributed by atoms with Gasteiger partial charge in [0.2, 0.25) is 0 Å². The van der Waals surface area contributed by atoms with Crippen molar-refractivity contribution in [3.05, 3.63) is 38.7 Å². The number of nitrogens with zero attached hydrogens (tertiary/aromatic N) is 2. The third-order valence-corrected chi connectivity index (χ3v) is 4.96. The number of hydrogen-bond acceptors (Lipinski definition) is 5. The van der Waals surface area contributed by atoms with Gasteiger partial charge in [0.05, 0.1) is 0 Å². The van der Waals surface area contributed by atoms with Crippen LogP contribution in [0.2, 0.25) is 0 Å². The fourth-order valence-corrected chi connectivity index (χ4v) is 3.19. The number of amides is 1. The molecule has 2 rings (SSSR count).